The van der Waals surface area contributed by atoms with Crippen molar-refractivity contribution < 1.29 is 18.7 Å². The monoisotopic (exact) mass is 190 g/mol. The molecule has 0 aromatic carbocycles. The van der Waals surface area contributed by atoms with Crippen LogP contribution in [-0.2, 0) is 4.79 Å². The van der Waals surface area contributed by atoms with Gasteiger partial charge in [-0.15, -0.1) is 0 Å². The summed E-state index contributed by atoms with van der Waals surface area (Å²) in [7, 11) is 0. The zero-order valence-corrected chi connectivity index (χ0v) is 7.22. The molecule has 74 valence electrons. The van der Waals surface area contributed by atoms with Gasteiger partial charge >= 0.3 is 5.97 Å². The third kappa shape index (κ3) is 1.00. The second-order valence-electron chi connectivity index (χ2n) is 4.24. The summed E-state index contributed by atoms with van der Waals surface area (Å²) >= 11 is 0. The highest BCUT2D eigenvalue weighted by Crippen LogP contribution is 2.58. The number of carboxylic acids is 1. The minimum Gasteiger partial charge on any atom is -0.481 e. The molecular formula is C9H12F2O2. The Balaban J connectivity index is 2.37. The lowest BCUT2D eigenvalue weighted by Crippen LogP contribution is -2.55. The van der Waals surface area contributed by atoms with Gasteiger partial charge in [0.15, 0.2) is 0 Å². The lowest BCUT2D eigenvalue weighted by molar-refractivity contribution is -0.212. The summed E-state index contributed by atoms with van der Waals surface area (Å²) in [6, 6.07) is 0. The molecule has 2 nitrogen and oxygen atoms in total. The molecule has 3 fully saturated rings. The van der Waals surface area contributed by atoms with Crippen LogP contribution in [0.2, 0.25) is 0 Å². The van der Waals surface area contributed by atoms with Crippen LogP contribution in [0.4, 0.5) is 8.78 Å². The van der Waals surface area contributed by atoms with E-state index in [1.54, 1.807) is 0 Å². The predicted octanol–water partition coefficient (Wildman–Crippen LogP) is 2.29. The number of carboxylic acid groups (broad SMARTS) is 1. The Kier molecular flexibility index (Phi) is 1.66. The number of alkyl halides is 2. The fourth-order valence-corrected chi connectivity index (χ4v) is 2.67. The molecule has 0 atom stereocenters. The number of hydrogen-bond donors (Lipinski definition) is 1. The first kappa shape index (κ1) is 8.91. The van der Waals surface area contributed by atoms with E-state index in [1.807, 2.05) is 0 Å². The van der Waals surface area contributed by atoms with Crippen LogP contribution in [0.25, 0.3) is 0 Å². The van der Waals surface area contributed by atoms with Crippen LogP contribution >= 0.6 is 0 Å². The number of hydrogen-bond acceptors (Lipinski definition) is 1. The quantitative estimate of drug-likeness (QED) is 0.688. The molecule has 3 aliphatic rings. The Morgan fingerprint density at radius 3 is 2.15 bits per heavy atom. The Hall–Kier alpha value is -0.670. The van der Waals surface area contributed by atoms with Crippen molar-refractivity contribution in [3.05, 3.63) is 0 Å². The maximum Gasteiger partial charge on any atom is 0.315 e. The molecule has 0 unspecified atom stereocenters. The molecular weight excluding hydrogens is 178 g/mol. The van der Waals surface area contributed by atoms with Crippen LogP contribution in [0.5, 0.6) is 0 Å². The topological polar surface area (TPSA) is 37.3 Å². The van der Waals surface area contributed by atoms with Gasteiger partial charge in [0.25, 0.3) is 5.92 Å². The highest BCUT2D eigenvalue weighted by molar-refractivity contribution is 5.76. The van der Waals surface area contributed by atoms with Crippen LogP contribution in [0.3, 0.4) is 0 Å². The zero-order valence-electron chi connectivity index (χ0n) is 7.22. The molecule has 1 N–H and O–H groups in total. The summed E-state index contributed by atoms with van der Waals surface area (Å²) < 4.78 is 26.8. The summed E-state index contributed by atoms with van der Waals surface area (Å²) in [5, 5.41) is 8.87. The Morgan fingerprint density at radius 2 is 1.85 bits per heavy atom. The molecule has 0 radical (unpaired) electrons. The third-order valence-corrected chi connectivity index (χ3v) is 3.61. The molecule has 0 heterocycles. The van der Waals surface area contributed by atoms with Gasteiger partial charge in [-0.2, -0.15) is 0 Å². The van der Waals surface area contributed by atoms with Crippen LogP contribution in [0.1, 0.15) is 32.1 Å². The van der Waals surface area contributed by atoms with Crippen molar-refractivity contribution >= 4 is 5.97 Å². The van der Waals surface area contributed by atoms with Gasteiger partial charge in [-0.1, -0.05) is 0 Å². The standard InChI is InChI=1S/C9H12F2O2/c10-9(11)5-6-1-3-8(9,4-2-6)7(12)13/h6H,1-5H2,(H,12,13). The van der Waals surface area contributed by atoms with E-state index >= 15 is 0 Å². The number of aliphatic carboxylic acids is 1. The fourth-order valence-electron chi connectivity index (χ4n) is 2.67. The van der Waals surface area contributed by atoms with E-state index in [2.05, 4.69) is 0 Å². The van der Waals surface area contributed by atoms with Gasteiger partial charge < -0.3 is 5.11 Å². The molecule has 4 heteroatoms. The maximum absolute atomic E-state index is 13.4. The summed E-state index contributed by atoms with van der Waals surface area (Å²) in [5.74, 6) is -4.24. The number of carbonyl (C=O) groups is 1. The third-order valence-electron chi connectivity index (χ3n) is 3.61. The smallest absolute Gasteiger partial charge is 0.315 e. The first-order valence-corrected chi connectivity index (χ1v) is 4.59. The van der Waals surface area contributed by atoms with E-state index in [0.717, 1.165) is 0 Å². The fraction of sp³-hybridized carbons (Fsp3) is 0.889. The Morgan fingerprint density at radius 1 is 1.31 bits per heavy atom. The van der Waals surface area contributed by atoms with Gasteiger partial charge in [-0.3, -0.25) is 4.79 Å². The minimum absolute atomic E-state index is 0.0521. The van der Waals surface area contributed by atoms with E-state index in [-0.39, 0.29) is 25.2 Å². The van der Waals surface area contributed by atoms with E-state index in [1.165, 1.54) is 0 Å². The minimum atomic E-state index is -2.99. The molecule has 0 aromatic heterocycles. The second kappa shape index (κ2) is 2.42. The number of fused-ring (bicyclic) bond motifs is 3. The van der Waals surface area contributed by atoms with Gasteiger partial charge in [0.2, 0.25) is 0 Å². The van der Waals surface area contributed by atoms with Gasteiger partial charge in [-0.25, -0.2) is 8.78 Å². The largest absolute Gasteiger partial charge is 0.481 e. The SMILES string of the molecule is O=C(O)C12CCC(CC1)CC2(F)F. The molecule has 13 heavy (non-hydrogen) atoms. The van der Waals surface area contributed by atoms with Crippen molar-refractivity contribution in [3.63, 3.8) is 0 Å². The summed E-state index contributed by atoms with van der Waals surface area (Å²) in [6.07, 6.45) is 1.39. The van der Waals surface area contributed by atoms with E-state index in [0.29, 0.717) is 12.8 Å². The van der Waals surface area contributed by atoms with Gasteiger partial charge in [-0.05, 0) is 31.6 Å². The van der Waals surface area contributed by atoms with Crippen molar-refractivity contribution in [1.82, 2.24) is 0 Å². The van der Waals surface area contributed by atoms with Gasteiger partial charge in [0, 0.05) is 6.42 Å². The first-order valence-electron chi connectivity index (χ1n) is 4.59. The molecule has 0 saturated heterocycles. The van der Waals surface area contributed by atoms with Crippen molar-refractivity contribution in [2.45, 2.75) is 38.0 Å². The lowest BCUT2D eigenvalue weighted by atomic mass is 9.58. The second-order valence-corrected chi connectivity index (χ2v) is 4.24. The van der Waals surface area contributed by atoms with Crippen LogP contribution in [-0.4, -0.2) is 17.0 Å². The Bertz CT molecular complexity index is 242. The van der Waals surface area contributed by atoms with Crippen LogP contribution < -0.4 is 0 Å². The summed E-state index contributed by atoms with van der Waals surface area (Å²) in [5.41, 5.74) is -1.73. The average Bonchev–Trinajstić information content (AvgIpc) is 2.03. The van der Waals surface area contributed by atoms with Crippen LogP contribution in [0.15, 0.2) is 0 Å². The molecule has 3 aliphatic carbocycles. The maximum atomic E-state index is 13.4. The molecule has 3 saturated carbocycles. The van der Waals surface area contributed by atoms with E-state index < -0.39 is 17.3 Å². The van der Waals surface area contributed by atoms with Crippen molar-refractivity contribution in [2.24, 2.45) is 11.3 Å². The predicted molar refractivity (Wildman–Crippen MR) is 41.6 cm³/mol. The van der Waals surface area contributed by atoms with Crippen molar-refractivity contribution in [2.75, 3.05) is 0 Å². The molecule has 2 bridgehead atoms. The summed E-state index contributed by atoms with van der Waals surface area (Å²) in [6.45, 7) is 0. The molecule has 3 rings (SSSR count). The number of rotatable bonds is 1. The molecule has 0 amide bonds. The highest BCUT2D eigenvalue weighted by Gasteiger charge is 2.64. The van der Waals surface area contributed by atoms with E-state index in [9.17, 15) is 13.6 Å². The normalized spacial score (nSPS) is 41.8. The molecule has 0 aliphatic heterocycles. The number of halogens is 2. The van der Waals surface area contributed by atoms with Gasteiger partial charge in [0.05, 0.1) is 0 Å². The first-order chi connectivity index (χ1) is 5.98. The highest BCUT2D eigenvalue weighted by atomic mass is 19.3. The van der Waals surface area contributed by atoms with Gasteiger partial charge in [0.1, 0.15) is 5.41 Å². The lowest BCUT2D eigenvalue weighted by Gasteiger charge is -2.48. The average molecular weight is 190 g/mol. The molecule has 0 spiro atoms. The van der Waals surface area contributed by atoms with Crippen molar-refractivity contribution in [1.29, 1.82) is 0 Å². The van der Waals surface area contributed by atoms with E-state index in [4.69, 9.17) is 5.11 Å². The zero-order chi connectivity index (χ0) is 9.69. The van der Waals surface area contributed by atoms with Crippen molar-refractivity contribution in [3.8, 4) is 0 Å². The Labute approximate surface area is 74.9 Å². The van der Waals surface area contributed by atoms with Crippen LogP contribution in [0, 0.1) is 11.3 Å². The molecule has 0 aromatic rings. The summed E-state index contributed by atoms with van der Waals surface area (Å²) in [4.78, 5) is 10.9.